The highest BCUT2D eigenvalue weighted by molar-refractivity contribution is 6.31. The van der Waals surface area contributed by atoms with Crippen LogP contribution < -0.4 is 5.32 Å². The lowest BCUT2D eigenvalue weighted by atomic mass is 10.0. The number of amides is 1. The average molecular weight is 390 g/mol. The van der Waals surface area contributed by atoms with Crippen molar-refractivity contribution in [3.63, 3.8) is 0 Å². The van der Waals surface area contributed by atoms with E-state index in [9.17, 15) is 14.9 Å². The molecule has 0 aliphatic carbocycles. The Kier molecular flexibility index (Phi) is 6.39. The number of carbonyl (C=O) groups excluding carboxylic acids is 1. The predicted molar refractivity (Wildman–Crippen MR) is 102 cm³/mol. The first-order chi connectivity index (χ1) is 13.1. The third-order valence-electron chi connectivity index (χ3n) is 4.53. The molecule has 0 bridgehead atoms. The molecule has 0 saturated carbocycles. The van der Waals surface area contributed by atoms with Gasteiger partial charge in [0.2, 0.25) is 0 Å². The minimum atomic E-state index is -0.600. The van der Waals surface area contributed by atoms with Gasteiger partial charge in [-0.2, -0.15) is 0 Å². The summed E-state index contributed by atoms with van der Waals surface area (Å²) in [5.41, 5.74) is 0.770. The standard InChI is InChI=1S/C19H20ClN3O4/c20-15-6-7-16(17(12-15)23(25)26)19(24)21-13-18(14-4-2-1-3-5-14)22-8-10-27-11-9-22/h1-7,12,18H,8-11,13H2,(H,21,24). The SMILES string of the molecule is O=C(NCC(c1ccccc1)N1CCOCC1)c1ccc(Cl)cc1[N+](=O)[O-]. The van der Waals surface area contributed by atoms with Crippen molar-refractivity contribution in [2.75, 3.05) is 32.8 Å². The van der Waals surface area contributed by atoms with Crippen molar-refractivity contribution in [3.05, 3.63) is 74.8 Å². The van der Waals surface area contributed by atoms with Crippen LogP contribution in [0.2, 0.25) is 5.02 Å². The maximum absolute atomic E-state index is 12.6. The Hall–Kier alpha value is -2.48. The molecule has 1 heterocycles. The van der Waals surface area contributed by atoms with Gasteiger partial charge in [0.1, 0.15) is 5.56 Å². The largest absolute Gasteiger partial charge is 0.379 e. The molecule has 7 nitrogen and oxygen atoms in total. The first-order valence-corrected chi connectivity index (χ1v) is 9.03. The van der Waals surface area contributed by atoms with Crippen molar-refractivity contribution in [2.24, 2.45) is 0 Å². The molecule has 0 radical (unpaired) electrons. The van der Waals surface area contributed by atoms with E-state index in [4.69, 9.17) is 16.3 Å². The van der Waals surface area contributed by atoms with Gasteiger partial charge in [0.05, 0.1) is 24.2 Å². The van der Waals surface area contributed by atoms with Gasteiger partial charge in [-0.05, 0) is 17.7 Å². The molecule has 1 N–H and O–H groups in total. The number of halogens is 1. The smallest absolute Gasteiger partial charge is 0.283 e. The Morgan fingerprint density at radius 1 is 1.22 bits per heavy atom. The highest BCUT2D eigenvalue weighted by Crippen LogP contribution is 2.24. The normalized spacial score (nSPS) is 15.9. The lowest BCUT2D eigenvalue weighted by molar-refractivity contribution is -0.385. The van der Waals surface area contributed by atoms with Gasteiger partial charge in [-0.15, -0.1) is 0 Å². The quantitative estimate of drug-likeness (QED) is 0.606. The summed E-state index contributed by atoms with van der Waals surface area (Å²) in [5, 5.41) is 14.3. The first-order valence-electron chi connectivity index (χ1n) is 8.65. The van der Waals surface area contributed by atoms with Crippen molar-refractivity contribution in [3.8, 4) is 0 Å². The molecule has 1 saturated heterocycles. The van der Waals surface area contributed by atoms with Gasteiger partial charge >= 0.3 is 0 Å². The number of nitro benzene ring substituents is 1. The Bertz CT molecular complexity index is 810. The Morgan fingerprint density at radius 2 is 1.93 bits per heavy atom. The highest BCUT2D eigenvalue weighted by atomic mass is 35.5. The van der Waals surface area contributed by atoms with E-state index in [1.807, 2.05) is 30.3 Å². The summed E-state index contributed by atoms with van der Waals surface area (Å²) in [6.45, 7) is 3.13. The molecule has 1 aliphatic heterocycles. The molecule has 142 valence electrons. The van der Waals surface area contributed by atoms with Crippen LogP contribution in [-0.4, -0.2) is 48.6 Å². The number of nitrogens with one attached hydrogen (secondary N) is 1. The van der Waals surface area contributed by atoms with Gasteiger partial charge in [0, 0.05) is 30.7 Å². The van der Waals surface area contributed by atoms with Gasteiger partial charge < -0.3 is 10.1 Å². The van der Waals surface area contributed by atoms with E-state index in [2.05, 4.69) is 10.2 Å². The van der Waals surface area contributed by atoms with Crippen LogP contribution in [0.4, 0.5) is 5.69 Å². The summed E-state index contributed by atoms with van der Waals surface area (Å²) in [5.74, 6) is -0.493. The second-order valence-corrected chi connectivity index (χ2v) is 6.64. The Labute approximate surface area is 162 Å². The van der Waals surface area contributed by atoms with E-state index in [0.717, 1.165) is 18.7 Å². The third-order valence-corrected chi connectivity index (χ3v) is 4.76. The van der Waals surface area contributed by atoms with Crippen LogP contribution in [0.25, 0.3) is 0 Å². The Morgan fingerprint density at radius 3 is 2.59 bits per heavy atom. The minimum absolute atomic E-state index is 0.00168. The van der Waals surface area contributed by atoms with Crippen molar-refractivity contribution in [1.82, 2.24) is 10.2 Å². The fraction of sp³-hybridized carbons (Fsp3) is 0.316. The lowest BCUT2D eigenvalue weighted by Crippen LogP contribution is -2.43. The minimum Gasteiger partial charge on any atom is -0.379 e. The number of carbonyl (C=O) groups is 1. The first kappa shape index (κ1) is 19.3. The molecule has 1 unspecified atom stereocenters. The molecule has 8 heteroatoms. The second-order valence-electron chi connectivity index (χ2n) is 6.20. The molecule has 1 aliphatic rings. The topological polar surface area (TPSA) is 84.7 Å². The number of nitro groups is 1. The molecule has 1 amide bonds. The maximum atomic E-state index is 12.6. The number of nitrogens with zero attached hydrogens (tertiary/aromatic N) is 2. The monoisotopic (exact) mass is 389 g/mol. The van der Waals surface area contributed by atoms with Gasteiger partial charge in [0.15, 0.2) is 0 Å². The van der Waals surface area contributed by atoms with Gasteiger partial charge in [-0.3, -0.25) is 19.8 Å². The van der Waals surface area contributed by atoms with E-state index in [1.54, 1.807) is 0 Å². The molecule has 0 spiro atoms. The zero-order valence-electron chi connectivity index (χ0n) is 14.6. The van der Waals surface area contributed by atoms with E-state index >= 15 is 0 Å². The summed E-state index contributed by atoms with van der Waals surface area (Å²) < 4.78 is 5.42. The summed E-state index contributed by atoms with van der Waals surface area (Å²) in [7, 11) is 0. The molecule has 1 atom stereocenters. The summed E-state index contributed by atoms with van der Waals surface area (Å²) in [6, 6.07) is 13.9. The molecule has 2 aromatic carbocycles. The number of hydrogen-bond donors (Lipinski definition) is 1. The maximum Gasteiger partial charge on any atom is 0.283 e. The van der Waals surface area contributed by atoms with Crippen molar-refractivity contribution < 1.29 is 14.5 Å². The van der Waals surface area contributed by atoms with Crippen LogP contribution >= 0.6 is 11.6 Å². The van der Waals surface area contributed by atoms with E-state index in [0.29, 0.717) is 19.8 Å². The number of hydrogen-bond acceptors (Lipinski definition) is 5. The fourth-order valence-electron chi connectivity index (χ4n) is 3.15. The van der Waals surface area contributed by atoms with Crippen LogP contribution in [0, 0.1) is 10.1 Å². The summed E-state index contributed by atoms with van der Waals surface area (Å²) in [6.07, 6.45) is 0. The zero-order chi connectivity index (χ0) is 19.2. The third kappa shape index (κ3) is 4.82. The van der Waals surface area contributed by atoms with E-state index in [1.165, 1.54) is 18.2 Å². The average Bonchev–Trinajstić information content (AvgIpc) is 2.69. The van der Waals surface area contributed by atoms with Gasteiger partial charge in [-0.1, -0.05) is 41.9 Å². The number of ether oxygens (including phenoxy) is 1. The zero-order valence-corrected chi connectivity index (χ0v) is 15.4. The predicted octanol–water partition coefficient (Wildman–Crippen LogP) is 3.05. The van der Waals surface area contributed by atoms with Crippen LogP contribution in [0.1, 0.15) is 22.0 Å². The molecule has 0 aromatic heterocycles. The van der Waals surface area contributed by atoms with Crippen LogP contribution in [0.5, 0.6) is 0 Å². The lowest BCUT2D eigenvalue weighted by Gasteiger charge is -2.34. The highest BCUT2D eigenvalue weighted by Gasteiger charge is 2.25. The van der Waals surface area contributed by atoms with Crippen molar-refractivity contribution >= 4 is 23.2 Å². The van der Waals surface area contributed by atoms with Gasteiger partial charge in [-0.25, -0.2) is 0 Å². The summed E-state index contributed by atoms with van der Waals surface area (Å²) in [4.78, 5) is 25.5. The van der Waals surface area contributed by atoms with Crippen LogP contribution in [0.3, 0.4) is 0 Å². The number of morpholine rings is 1. The molecular weight excluding hydrogens is 370 g/mol. The molecule has 27 heavy (non-hydrogen) atoms. The number of rotatable bonds is 6. The van der Waals surface area contributed by atoms with Gasteiger partial charge in [0.25, 0.3) is 11.6 Å². The van der Waals surface area contributed by atoms with E-state index in [-0.39, 0.29) is 22.3 Å². The van der Waals surface area contributed by atoms with Crippen LogP contribution in [0.15, 0.2) is 48.5 Å². The van der Waals surface area contributed by atoms with Crippen molar-refractivity contribution in [2.45, 2.75) is 6.04 Å². The van der Waals surface area contributed by atoms with Crippen LogP contribution in [-0.2, 0) is 4.74 Å². The summed E-state index contributed by atoms with van der Waals surface area (Å²) >= 11 is 5.82. The van der Waals surface area contributed by atoms with Crippen molar-refractivity contribution in [1.29, 1.82) is 0 Å². The number of benzene rings is 2. The Balaban J connectivity index is 1.77. The molecule has 2 aromatic rings. The fourth-order valence-corrected chi connectivity index (χ4v) is 3.32. The van der Waals surface area contributed by atoms with E-state index < -0.39 is 10.8 Å². The molecule has 3 rings (SSSR count). The molecule has 1 fully saturated rings. The molecular formula is C19H20ClN3O4. The second kappa shape index (κ2) is 8.94.